The lowest BCUT2D eigenvalue weighted by Gasteiger charge is -2.52. The molecule has 0 aliphatic carbocycles. The van der Waals surface area contributed by atoms with Crippen molar-refractivity contribution in [1.82, 2.24) is 29.5 Å². The van der Waals surface area contributed by atoms with Gasteiger partial charge in [-0.3, -0.25) is 14.4 Å². The third kappa shape index (κ3) is 3.94. The number of aromatic nitrogens is 4. The highest BCUT2D eigenvalue weighted by atomic mass is 16.5. The highest BCUT2D eigenvalue weighted by molar-refractivity contribution is 5.93. The van der Waals surface area contributed by atoms with Crippen molar-refractivity contribution in [2.75, 3.05) is 19.7 Å². The second-order valence-corrected chi connectivity index (χ2v) is 8.63. The number of likely N-dealkylation sites (tertiary alicyclic amines) is 1. The number of carbonyl (C=O) groups excluding carboxylic acids is 1. The van der Waals surface area contributed by atoms with E-state index in [1.807, 2.05) is 30.9 Å². The van der Waals surface area contributed by atoms with E-state index in [-0.39, 0.29) is 18.1 Å². The van der Waals surface area contributed by atoms with Crippen molar-refractivity contribution in [2.45, 2.75) is 50.0 Å². The zero-order chi connectivity index (χ0) is 20.6. The fourth-order valence-electron chi connectivity index (χ4n) is 4.51. The minimum absolute atomic E-state index is 0.224. The van der Waals surface area contributed by atoms with E-state index in [2.05, 4.69) is 20.3 Å². The maximum absolute atomic E-state index is 12.7. The van der Waals surface area contributed by atoms with Gasteiger partial charge in [0.15, 0.2) is 0 Å². The number of imidazole rings is 1. The molecule has 4 rings (SSSR count). The predicted molar refractivity (Wildman–Crippen MR) is 106 cm³/mol. The summed E-state index contributed by atoms with van der Waals surface area (Å²) in [4.78, 5) is 19.5. The number of nitrogens with zero attached hydrogens (tertiary/aromatic N) is 5. The SMILES string of the molecule is Cn1ccnc1CN1CCC2(CC1)C[C@@](C)(NC(=O)c1ccnn1C)[C@H](O)CO2. The van der Waals surface area contributed by atoms with Crippen molar-refractivity contribution in [3.63, 3.8) is 0 Å². The third-order valence-corrected chi connectivity index (χ3v) is 6.48. The lowest BCUT2D eigenvalue weighted by molar-refractivity contribution is -0.177. The van der Waals surface area contributed by atoms with Gasteiger partial charge in [0, 0.05) is 52.2 Å². The van der Waals surface area contributed by atoms with E-state index in [0.717, 1.165) is 38.3 Å². The van der Waals surface area contributed by atoms with E-state index in [9.17, 15) is 9.90 Å². The van der Waals surface area contributed by atoms with E-state index >= 15 is 0 Å². The molecule has 1 amide bonds. The monoisotopic (exact) mass is 402 g/mol. The number of rotatable bonds is 4. The molecule has 0 unspecified atom stereocenters. The number of carbonyl (C=O) groups is 1. The summed E-state index contributed by atoms with van der Waals surface area (Å²) in [7, 11) is 3.74. The normalized spacial score (nSPS) is 27.2. The van der Waals surface area contributed by atoms with Crippen LogP contribution in [0.3, 0.4) is 0 Å². The van der Waals surface area contributed by atoms with Crippen LogP contribution in [0.5, 0.6) is 0 Å². The van der Waals surface area contributed by atoms with Gasteiger partial charge in [0.1, 0.15) is 17.6 Å². The molecular formula is C20H30N6O3. The Bertz CT molecular complexity index is 869. The Morgan fingerprint density at radius 2 is 2.10 bits per heavy atom. The fraction of sp³-hybridized carbons (Fsp3) is 0.650. The summed E-state index contributed by atoms with van der Waals surface area (Å²) in [6, 6.07) is 1.68. The molecule has 2 aliphatic heterocycles. The van der Waals surface area contributed by atoms with Crippen LogP contribution in [-0.2, 0) is 25.4 Å². The number of aliphatic hydroxyl groups is 1. The van der Waals surface area contributed by atoms with Crippen LogP contribution in [0.25, 0.3) is 0 Å². The summed E-state index contributed by atoms with van der Waals surface area (Å²) in [6.07, 6.45) is 6.93. The van der Waals surface area contributed by atoms with Crippen molar-refractivity contribution >= 4 is 5.91 Å². The van der Waals surface area contributed by atoms with E-state index in [1.54, 1.807) is 19.3 Å². The van der Waals surface area contributed by atoms with Crippen LogP contribution in [0.1, 0.15) is 42.5 Å². The number of hydrogen-bond donors (Lipinski definition) is 2. The highest BCUT2D eigenvalue weighted by Gasteiger charge is 2.50. The quantitative estimate of drug-likeness (QED) is 0.771. The van der Waals surface area contributed by atoms with E-state index in [0.29, 0.717) is 12.1 Å². The maximum Gasteiger partial charge on any atom is 0.270 e. The Balaban J connectivity index is 1.41. The van der Waals surface area contributed by atoms with Crippen LogP contribution in [-0.4, -0.2) is 72.2 Å². The van der Waals surface area contributed by atoms with Crippen molar-refractivity contribution in [3.05, 3.63) is 36.2 Å². The van der Waals surface area contributed by atoms with Gasteiger partial charge in [0.05, 0.1) is 24.3 Å². The first-order valence-electron chi connectivity index (χ1n) is 10.1. The number of aryl methyl sites for hydroxylation is 2. The predicted octanol–water partition coefficient (Wildman–Crippen LogP) is 0.458. The standard InChI is InChI=1S/C20H30N6O3/c1-19(23-18(28)15-4-7-22-25(15)3)14-20(29-13-16(19)27)5-9-26(10-6-20)12-17-21-8-11-24(17)2/h4,7-8,11,16,27H,5-6,9-10,12-14H2,1-3H3,(H,23,28)/t16-,19-/m1/s1. The van der Waals surface area contributed by atoms with Crippen molar-refractivity contribution < 1.29 is 14.6 Å². The number of nitrogens with one attached hydrogen (secondary N) is 1. The van der Waals surface area contributed by atoms with Crippen molar-refractivity contribution in [1.29, 1.82) is 0 Å². The summed E-state index contributed by atoms with van der Waals surface area (Å²) >= 11 is 0. The van der Waals surface area contributed by atoms with Crippen LogP contribution in [0, 0.1) is 0 Å². The molecule has 2 aliphatic rings. The Morgan fingerprint density at radius 3 is 2.72 bits per heavy atom. The molecule has 9 heteroatoms. The number of ether oxygens (including phenoxy) is 1. The zero-order valence-corrected chi connectivity index (χ0v) is 17.3. The first kappa shape index (κ1) is 20.1. The van der Waals surface area contributed by atoms with Gasteiger partial charge in [-0.2, -0.15) is 5.10 Å². The van der Waals surface area contributed by atoms with Crippen molar-refractivity contribution in [3.8, 4) is 0 Å². The van der Waals surface area contributed by atoms with Gasteiger partial charge in [0.2, 0.25) is 0 Å². The molecule has 0 bridgehead atoms. The lowest BCUT2D eigenvalue weighted by atomic mass is 9.74. The minimum Gasteiger partial charge on any atom is -0.388 e. The summed E-state index contributed by atoms with van der Waals surface area (Å²) in [5, 5.41) is 17.7. The summed E-state index contributed by atoms with van der Waals surface area (Å²) in [5.74, 6) is 0.824. The largest absolute Gasteiger partial charge is 0.388 e. The van der Waals surface area contributed by atoms with Gasteiger partial charge in [0.25, 0.3) is 5.91 Å². The van der Waals surface area contributed by atoms with Crippen LogP contribution >= 0.6 is 0 Å². The molecule has 9 nitrogen and oxygen atoms in total. The number of piperidine rings is 1. The Hall–Kier alpha value is -2.23. The van der Waals surface area contributed by atoms with Gasteiger partial charge in [-0.05, 0) is 25.8 Å². The second kappa shape index (κ2) is 7.55. The van der Waals surface area contributed by atoms with Crippen molar-refractivity contribution in [2.24, 2.45) is 14.1 Å². The summed E-state index contributed by atoms with van der Waals surface area (Å²) in [6.45, 7) is 4.75. The number of amides is 1. The smallest absolute Gasteiger partial charge is 0.270 e. The van der Waals surface area contributed by atoms with E-state index in [4.69, 9.17) is 4.74 Å². The third-order valence-electron chi connectivity index (χ3n) is 6.48. The lowest BCUT2D eigenvalue weighted by Crippen LogP contribution is -2.65. The van der Waals surface area contributed by atoms with Gasteiger partial charge in [-0.25, -0.2) is 4.98 Å². The molecule has 2 aromatic rings. The zero-order valence-electron chi connectivity index (χ0n) is 17.3. The molecule has 2 aromatic heterocycles. The first-order valence-corrected chi connectivity index (χ1v) is 10.1. The summed E-state index contributed by atoms with van der Waals surface area (Å²) < 4.78 is 9.73. The van der Waals surface area contributed by atoms with Gasteiger partial charge >= 0.3 is 0 Å². The molecule has 4 heterocycles. The molecule has 29 heavy (non-hydrogen) atoms. The molecule has 2 fully saturated rings. The van der Waals surface area contributed by atoms with Crippen LogP contribution in [0.15, 0.2) is 24.7 Å². The Kier molecular flexibility index (Phi) is 5.22. The first-order chi connectivity index (χ1) is 13.8. The minimum atomic E-state index is -0.754. The maximum atomic E-state index is 12.7. The summed E-state index contributed by atoms with van der Waals surface area (Å²) in [5.41, 5.74) is -0.600. The van der Waals surface area contributed by atoms with Gasteiger partial charge in [-0.15, -0.1) is 0 Å². The molecule has 1 spiro atoms. The van der Waals surface area contributed by atoms with Crippen LogP contribution in [0.2, 0.25) is 0 Å². The Labute approximate surface area is 170 Å². The second-order valence-electron chi connectivity index (χ2n) is 8.63. The van der Waals surface area contributed by atoms with E-state index in [1.165, 1.54) is 4.68 Å². The average Bonchev–Trinajstić information content (AvgIpc) is 3.29. The van der Waals surface area contributed by atoms with Crippen LogP contribution in [0.4, 0.5) is 0 Å². The molecule has 158 valence electrons. The molecule has 0 saturated carbocycles. The topological polar surface area (TPSA) is 97.4 Å². The molecule has 0 radical (unpaired) electrons. The molecule has 2 atom stereocenters. The number of aliphatic hydroxyl groups excluding tert-OH is 1. The molecule has 2 N–H and O–H groups in total. The molecule has 2 saturated heterocycles. The average molecular weight is 402 g/mol. The highest BCUT2D eigenvalue weighted by Crippen LogP contribution is 2.40. The Morgan fingerprint density at radius 1 is 1.34 bits per heavy atom. The number of hydrogen-bond acceptors (Lipinski definition) is 6. The van der Waals surface area contributed by atoms with Crippen LogP contribution < -0.4 is 5.32 Å². The van der Waals surface area contributed by atoms with Gasteiger partial charge < -0.3 is 19.7 Å². The molecular weight excluding hydrogens is 372 g/mol. The molecule has 0 aromatic carbocycles. The van der Waals surface area contributed by atoms with E-state index < -0.39 is 11.6 Å². The fourth-order valence-corrected chi connectivity index (χ4v) is 4.51. The van der Waals surface area contributed by atoms with Gasteiger partial charge in [-0.1, -0.05) is 0 Å².